The van der Waals surface area contributed by atoms with E-state index < -0.39 is 22.5 Å². The lowest BCUT2D eigenvalue weighted by Crippen LogP contribution is -2.27. The van der Waals surface area contributed by atoms with E-state index in [-0.39, 0.29) is 11.1 Å². The van der Waals surface area contributed by atoms with E-state index in [1.54, 1.807) is 12.1 Å². The molecule has 0 N–H and O–H groups in total. The molecule has 0 saturated carbocycles. The summed E-state index contributed by atoms with van der Waals surface area (Å²) in [5.74, 6) is -2.47. The first kappa shape index (κ1) is 16.1. The van der Waals surface area contributed by atoms with E-state index in [4.69, 9.17) is 0 Å². The quantitative estimate of drug-likeness (QED) is 0.709. The minimum atomic E-state index is -1.23. The van der Waals surface area contributed by atoms with Crippen molar-refractivity contribution in [3.8, 4) is 12.1 Å². The highest BCUT2D eigenvalue weighted by Crippen LogP contribution is 2.40. The van der Waals surface area contributed by atoms with Crippen molar-refractivity contribution in [3.63, 3.8) is 0 Å². The number of hydrogen-bond donors (Lipinski definition) is 0. The van der Waals surface area contributed by atoms with Gasteiger partial charge in [0.2, 0.25) is 0 Å². The first-order chi connectivity index (χ1) is 8.96. The molecule has 0 unspecified atom stereocenters. The van der Waals surface area contributed by atoms with Gasteiger partial charge in [0.05, 0.1) is 11.1 Å². The van der Waals surface area contributed by atoms with E-state index in [0.717, 1.165) is 0 Å². The zero-order chi connectivity index (χ0) is 15.9. The van der Waals surface area contributed by atoms with Gasteiger partial charge >= 0.3 is 0 Å². The van der Waals surface area contributed by atoms with Gasteiger partial charge in [-0.15, -0.1) is 0 Å². The summed E-state index contributed by atoms with van der Waals surface area (Å²) in [5, 5.41) is 18.4. The maximum absolute atomic E-state index is 14.1. The van der Waals surface area contributed by atoms with Crippen LogP contribution in [0.2, 0.25) is 0 Å². The number of halogens is 2. The van der Waals surface area contributed by atoms with Crippen LogP contribution >= 0.6 is 0 Å². The highest BCUT2D eigenvalue weighted by molar-refractivity contribution is 5.57. The molecule has 0 heterocycles. The Balaban J connectivity index is 4.14. The van der Waals surface area contributed by atoms with Crippen molar-refractivity contribution in [2.75, 3.05) is 0 Å². The second kappa shape index (κ2) is 4.87. The molecule has 20 heavy (non-hydrogen) atoms. The molecule has 0 aliphatic heterocycles. The first-order valence-corrected chi connectivity index (χ1v) is 6.33. The van der Waals surface area contributed by atoms with E-state index in [9.17, 15) is 19.3 Å². The van der Waals surface area contributed by atoms with Gasteiger partial charge in [-0.25, -0.2) is 8.78 Å². The van der Waals surface area contributed by atoms with Gasteiger partial charge in [0, 0.05) is 0 Å². The third kappa shape index (κ3) is 2.51. The van der Waals surface area contributed by atoms with Crippen LogP contribution in [0.25, 0.3) is 0 Å². The van der Waals surface area contributed by atoms with Crippen LogP contribution in [0.15, 0.2) is 0 Å². The molecule has 0 saturated heterocycles. The molecule has 0 radical (unpaired) electrons. The average molecular weight is 276 g/mol. The van der Waals surface area contributed by atoms with Crippen LogP contribution in [0.5, 0.6) is 0 Å². The molecule has 106 valence electrons. The second-order valence-corrected chi connectivity index (χ2v) is 6.85. The molecule has 0 atom stereocenters. The lowest BCUT2D eigenvalue weighted by atomic mass is 9.71. The number of nitrogens with zero attached hydrogens (tertiary/aromatic N) is 2. The molecular weight excluding hydrogens is 258 g/mol. The largest absolute Gasteiger partial charge is 0.202 e. The Morgan fingerprint density at radius 2 is 0.950 bits per heavy atom. The monoisotopic (exact) mass is 276 g/mol. The molecule has 0 amide bonds. The Labute approximate surface area is 118 Å². The maximum atomic E-state index is 14.1. The lowest BCUT2D eigenvalue weighted by Gasteiger charge is -2.32. The summed E-state index contributed by atoms with van der Waals surface area (Å²) < 4.78 is 28.1. The molecular formula is C16H18F2N2. The van der Waals surface area contributed by atoms with Crippen molar-refractivity contribution >= 4 is 0 Å². The highest BCUT2D eigenvalue weighted by atomic mass is 19.2. The van der Waals surface area contributed by atoms with Gasteiger partial charge in [-0.2, -0.15) is 10.5 Å². The van der Waals surface area contributed by atoms with E-state index in [2.05, 4.69) is 0 Å². The molecule has 4 heteroatoms. The van der Waals surface area contributed by atoms with Gasteiger partial charge < -0.3 is 0 Å². The normalized spacial score (nSPS) is 11.9. The first-order valence-electron chi connectivity index (χ1n) is 6.33. The van der Waals surface area contributed by atoms with Crippen LogP contribution in [0.1, 0.15) is 63.8 Å². The fraction of sp³-hybridized carbons (Fsp3) is 0.500. The zero-order valence-corrected chi connectivity index (χ0v) is 12.7. The van der Waals surface area contributed by atoms with Crippen molar-refractivity contribution in [1.82, 2.24) is 0 Å². The van der Waals surface area contributed by atoms with Crippen molar-refractivity contribution in [2.24, 2.45) is 0 Å². The van der Waals surface area contributed by atoms with Gasteiger partial charge in [-0.3, -0.25) is 0 Å². The minimum absolute atomic E-state index is 0.307. The van der Waals surface area contributed by atoms with Gasteiger partial charge in [-0.1, -0.05) is 41.5 Å². The van der Waals surface area contributed by atoms with Crippen molar-refractivity contribution in [2.45, 2.75) is 52.4 Å². The van der Waals surface area contributed by atoms with Crippen LogP contribution in [0, 0.1) is 34.3 Å². The average Bonchev–Trinajstić information content (AvgIpc) is 2.28. The summed E-state index contributed by atoms with van der Waals surface area (Å²) >= 11 is 0. The third-order valence-corrected chi connectivity index (χ3v) is 3.11. The molecule has 0 bridgehead atoms. The number of nitriles is 2. The van der Waals surface area contributed by atoms with Crippen LogP contribution in [-0.2, 0) is 10.8 Å². The Bertz CT molecular complexity index is 576. The van der Waals surface area contributed by atoms with Crippen molar-refractivity contribution in [1.29, 1.82) is 10.5 Å². The summed E-state index contributed by atoms with van der Waals surface area (Å²) in [6.07, 6.45) is 0. The Kier molecular flexibility index (Phi) is 3.92. The Morgan fingerprint density at radius 3 is 1.10 bits per heavy atom. The molecule has 0 aromatic heterocycles. The molecule has 2 nitrogen and oxygen atoms in total. The highest BCUT2D eigenvalue weighted by Gasteiger charge is 2.35. The predicted molar refractivity (Wildman–Crippen MR) is 73.2 cm³/mol. The summed E-state index contributed by atoms with van der Waals surface area (Å²) in [4.78, 5) is 0. The molecule has 0 aliphatic carbocycles. The number of benzene rings is 1. The maximum Gasteiger partial charge on any atom is 0.178 e. The molecule has 1 aromatic rings. The van der Waals surface area contributed by atoms with E-state index in [1.807, 2.05) is 41.5 Å². The van der Waals surface area contributed by atoms with Gasteiger partial charge in [-0.05, 0) is 22.0 Å². The summed E-state index contributed by atoms with van der Waals surface area (Å²) in [7, 11) is 0. The van der Waals surface area contributed by atoms with E-state index >= 15 is 0 Å². The van der Waals surface area contributed by atoms with Crippen molar-refractivity contribution in [3.05, 3.63) is 33.9 Å². The summed E-state index contributed by atoms with van der Waals surface area (Å²) in [6, 6.07) is 3.50. The van der Waals surface area contributed by atoms with Crippen LogP contribution in [-0.4, -0.2) is 0 Å². The number of hydrogen-bond acceptors (Lipinski definition) is 2. The molecule has 1 aromatic carbocycles. The molecule has 1 rings (SSSR count). The number of rotatable bonds is 0. The smallest absolute Gasteiger partial charge is 0.178 e. The predicted octanol–water partition coefficient (Wildman–Crippen LogP) is 4.30. The third-order valence-electron chi connectivity index (χ3n) is 3.11. The zero-order valence-electron chi connectivity index (χ0n) is 12.7. The van der Waals surface area contributed by atoms with Gasteiger partial charge in [0.25, 0.3) is 0 Å². The standard InChI is InChI=1S/C16H18F2N2/c1-15(2,3)11-9(7-19)13(17)14(18)10(8-20)12(11)16(4,5)6/h1-6H3. The topological polar surface area (TPSA) is 47.6 Å². The van der Waals surface area contributed by atoms with Crippen LogP contribution in [0.4, 0.5) is 8.78 Å². The van der Waals surface area contributed by atoms with Gasteiger partial charge in [0.1, 0.15) is 12.1 Å². The Hall–Kier alpha value is -1.94. The Morgan fingerprint density at radius 1 is 0.700 bits per heavy atom. The molecule has 0 aliphatic rings. The fourth-order valence-corrected chi connectivity index (χ4v) is 2.40. The SMILES string of the molecule is CC(C)(C)c1c(C#N)c(F)c(F)c(C#N)c1C(C)(C)C. The molecule has 0 spiro atoms. The van der Waals surface area contributed by atoms with E-state index in [0.29, 0.717) is 11.1 Å². The minimum Gasteiger partial charge on any atom is -0.202 e. The summed E-state index contributed by atoms with van der Waals surface area (Å²) in [6.45, 7) is 10.9. The van der Waals surface area contributed by atoms with Crippen molar-refractivity contribution < 1.29 is 8.78 Å². The van der Waals surface area contributed by atoms with Gasteiger partial charge in [0.15, 0.2) is 11.6 Å². The lowest BCUT2D eigenvalue weighted by molar-refractivity contribution is 0.472. The van der Waals surface area contributed by atoms with Crippen LogP contribution in [0.3, 0.4) is 0 Å². The second-order valence-electron chi connectivity index (χ2n) is 6.85. The van der Waals surface area contributed by atoms with E-state index in [1.165, 1.54) is 0 Å². The molecule has 0 fully saturated rings. The summed E-state index contributed by atoms with van der Waals surface area (Å²) in [5.41, 5.74) is -0.953. The fourth-order valence-electron chi connectivity index (χ4n) is 2.40. The van der Waals surface area contributed by atoms with Crippen LogP contribution < -0.4 is 0 Å².